The summed E-state index contributed by atoms with van der Waals surface area (Å²) in [6.45, 7) is -5.38. The lowest BCUT2D eigenvalue weighted by atomic mass is 9.97. The first-order valence-electron chi connectivity index (χ1n) is 17.6. The van der Waals surface area contributed by atoms with E-state index in [4.69, 9.17) is 42.6 Å². The first kappa shape index (κ1) is 46.0. The van der Waals surface area contributed by atoms with Gasteiger partial charge in [-0.3, -0.25) is 0 Å². The molecule has 5 aliphatic heterocycles. The highest BCUT2D eigenvalue weighted by Crippen LogP contribution is 2.40. The number of rotatable bonds is 14. The number of aliphatic hydroxyl groups is 17. The molecular weight excluding hydrogens is 776 g/mol. The molecule has 0 aromatic rings. The van der Waals surface area contributed by atoms with E-state index in [2.05, 4.69) is 0 Å². The van der Waals surface area contributed by atoms with Crippen LogP contribution in [0.4, 0.5) is 0 Å². The fourth-order valence-corrected chi connectivity index (χ4v) is 6.89. The fraction of sp³-hybridized carbons (Fsp3) is 1.00. The molecule has 0 aromatic heterocycles. The number of ether oxygens (including phenoxy) is 9. The largest absolute Gasteiger partial charge is 0.394 e. The lowest BCUT2D eigenvalue weighted by Gasteiger charge is -2.46. The summed E-state index contributed by atoms with van der Waals surface area (Å²) in [6, 6.07) is 0. The molecule has 56 heavy (non-hydrogen) atoms. The van der Waals surface area contributed by atoms with Gasteiger partial charge in [-0.1, -0.05) is 0 Å². The Morgan fingerprint density at radius 1 is 0.375 bits per heavy atom. The van der Waals surface area contributed by atoms with E-state index in [0.717, 1.165) is 0 Å². The monoisotopic (exact) mass is 828 g/mol. The maximum absolute atomic E-state index is 11.1. The highest BCUT2D eigenvalue weighted by atomic mass is 16.8. The van der Waals surface area contributed by atoms with Gasteiger partial charge in [0.2, 0.25) is 5.79 Å². The second kappa shape index (κ2) is 19.1. The van der Waals surface area contributed by atoms with Gasteiger partial charge in [0.05, 0.1) is 33.0 Å². The topological polar surface area (TPSA) is 427 Å². The van der Waals surface area contributed by atoms with Crippen LogP contribution in [0.1, 0.15) is 0 Å². The molecule has 0 spiro atoms. The summed E-state index contributed by atoms with van der Waals surface area (Å²) in [5.41, 5.74) is 0. The average molecular weight is 829 g/mol. The summed E-state index contributed by atoms with van der Waals surface area (Å²) in [4.78, 5) is 0. The van der Waals surface area contributed by atoms with Crippen LogP contribution in [0.3, 0.4) is 0 Å². The van der Waals surface area contributed by atoms with Crippen LogP contribution >= 0.6 is 0 Å². The Morgan fingerprint density at radius 2 is 0.732 bits per heavy atom. The molecule has 24 atom stereocenters. The SMILES string of the molecule is OC[C@H]1O[C@H](OC[C@H]2O[C@H](O[C@H]3[C@H](O)[C@@H](CO)O[C@@]3(CO)O[C@H]3O[C@H](CO[C@H]4O[C@H](CO)[C@H](O)[C@H](O)[C@H]4O)[C@@H](O)[C@H](O)[C@H]3O)[C@H](O)[C@@H](O)[C@H]2O)[C@H](O)[C@@H](O)[C@H]1O. The van der Waals surface area contributed by atoms with E-state index in [1.54, 1.807) is 0 Å². The van der Waals surface area contributed by atoms with Gasteiger partial charge in [-0.05, 0) is 0 Å². The Labute approximate surface area is 316 Å². The lowest BCUT2D eigenvalue weighted by molar-refractivity contribution is -0.403. The van der Waals surface area contributed by atoms with Crippen molar-refractivity contribution >= 4 is 0 Å². The van der Waals surface area contributed by atoms with Crippen LogP contribution in [-0.2, 0) is 42.6 Å². The Kier molecular flexibility index (Phi) is 15.7. The standard InChI is InChI=1S/C30H52O26/c31-1-7-12(35)17(40)21(44)26(50-7)48-4-10-14(37)19(42)23(46)28(52-10)54-25-16(39)9(3-33)55-30(25,6-34)56-29-24(47)20(43)15(38)11(53-29)5-49-27-22(45)18(41)13(36)8(2-32)51-27/h7-29,31-47H,1-6H2/t7-,8-,9-,10-,11-,12+,13+,14+,15-,16-,17+,18+,19+,20+,21-,22-,23-,24-,25+,26+,27+,28-,29-,30+/m1/s1. The number of hydrogen-bond donors (Lipinski definition) is 17. The number of hydrogen-bond acceptors (Lipinski definition) is 26. The van der Waals surface area contributed by atoms with Crippen molar-refractivity contribution in [2.75, 3.05) is 39.6 Å². The van der Waals surface area contributed by atoms with Gasteiger partial charge in [-0.15, -0.1) is 0 Å². The quantitative estimate of drug-likeness (QED) is 0.0773. The number of aliphatic hydroxyl groups excluding tert-OH is 17. The van der Waals surface area contributed by atoms with Gasteiger partial charge in [0.1, 0.15) is 123 Å². The van der Waals surface area contributed by atoms with E-state index in [1.807, 2.05) is 0 Å². The summed E-state index contributed by atoms with van der Waals surface area (Å²) in [7, 11) is 0. The van der Waals surface area contributed by atoms with Gasteiger partial charge < -0.3 is 129 Å². The molecule has 5 rings (SSSR count). The van der Waals surface area contributed by atoms with E-state index in [9.17, 15) is 86.8 Å². The first-order chi connectivity index (χ1) is 26.4. The molecule has 17 N–H and O–H groups in total. The van der Waals surface area contributed by atoms with Gasteiger partial charge in [-0.25, -0.2) is 0 Å². The minimum absolute atomic E-state index is 0.771. The van der Waals surface area contributed by atoms with Crippen LogP contribution < -0.4 is 0 Å². The van der Waals surface area contributed by atoms with Crippen LogP contribution in [0.25, 0.3) is 0 Å². The van der Waals surface area contributed by atoms with Crippen molar-refractivity contribution in [1.29, 1.82) is 0 Å². The van der Waals surface area contributed by atoms with Crippen LogP contribution in [0.5, 0.6) is 0 Å². The van der Waals surface area contributed by atoms with Crippen LogP contribution in [-0.4, -0.2) is 273 Å². The molecular formula is C30H52O26. The summed E-state index contributed by atoms with van der Waals surface area (Å²) >= 11 is 0. The second-order valence-corrected chi connectivity index (χ2v) is 14.1. The van der Waals surface area contributed by atoms with Gasteiger partial charge in [0.15, 0.2) is 25.2 Å². The third-order valence-electron chi connectivity index (χ3n) is 10.4. The van der Waals surface area contributed by atoms with Crippen molar-refractivity contribution in [1.82, 2.24) is 0 Å². The molecule has 5 saturated heterocycles. The van der Waals surface area contributed by atoms with Crippen molar-refractivity contribution in [3.05, 3.63) is 0 Å². The Balaban J connectivity index is 1.30. The van der Waals surface area contributed by atoms with Crippen LogP contribution in [0.2, 0.25) is 0 Å². The predicted octanol–water partition coefficient (Wildman–Crippen LogP) is -11.9. The molecule has 0 radical (unpaired) electrons. The van der Waals surface area contributed by atoms with E-state index in [0.29, 0.717) is 0 Å². The van der Waals surface area contributed by atoms with Crippen molar-refractivity contribution in [3.8, 4) is 0 Å². The third-order valence-corrected chi connectivity index (χ3v) is 10.4. The molecule has 26 nitrogen and oxygen atoms in total. The van der Waals surface area contributed by atoms with Gasteiger partial charge in [0.25, 0.3) is 0 Å². The van der Waals surface area contributed by atoms with Gasteiger partial charge in [-0.2, -0.15) is 0 Å². The third kappa shape index (κ3) is 9.01. The Bertz CT molecular complexity index is 1220. The summed E-state index contributed by atoms with van der Waals surface area (Å²) in [6.07, 6.45) is -42.4. The van der Waals surface area contributed by atoms with Crippen molar-refractivity contribution in [3.63, 3.8) is 0 Å². The average Bonchev–Trinajstić information content (AvgIpc) is 3.46. The van der Waals surface area contributed by atoms with Gasteiger partial charge in [0, 0.05) is 0 Å². The smallest absolute Gasteiger partial charge is 0.224 e. The molecule has 0 bridgehead atoms. The minimum Gasteiger partial charge on any atom is -0.394 e. The maximum atomic E-state index is 11.1. The molecule has 5 heterocycles. The van der Waals surface area contributed by atoms with E-state index < -0.39 is 187 Å². The zero-order chi connectivity index (χ0) is 41.4. The molecule has 26 heteroatoms. The lowest BCUT2D eigenvalue weighted by Crippen LogP contribution is -2.65. The predicted molar refractivity (Wildman–Crippen MR) is 167 cm³/mol. The minimum atomic E-state index is -2.68. The highest BCUT2D eigenvalue weighted by molar-refractivity contribution is 5.01. The van der Waals surface area contributed by atoms with Crippen molar-refractivity contribution < 1.29 is 129 Å². The zero-order valence-electron chi connectivity index (χ0n) is 29.3. The second-order valence-electron chi connectivity index (χ2n) is 14.1. The molecule has 0 aliphatic carbocycles. The Hall–Kier alpha value is -1.04. The first-order valence-corrected chi connectivity index (χ1v) is 17.6. The van der Waals surface area contributed by atoms with Crippen molar-refractivity contribution in [2.45, 2.75) is 147 Å². The van der Waals surface area contributed by atoms with Crippen LogP contribution in [0.15, 0.2) is 0 Å². The summed E-state index contributed by atoms with van der Waals surface area (Å²) < 4.78 is 49.5. The zero-order valence-corrected chi connectivity index (χ0v) is 29.3. The summed E-state index contributed by atoms with van der Waals surface area (Å²) in [5, 5.41) is 175. The van der Waals surface area contributed by atoms with E-state index >= 15 is 0 Å². The molecule has 5 fully saturated rings. The molecule has 0 unspecified atom stereocenters. The molecule has 328 valence electrons. The molecule has 0 aromatic carbocycles. The normalized spacial score (nSPS) is 53.0. The Morgan fingerprint density at radius 3 is 1.14 bits per heavy atom. The van der Waals surface area contributed by atoms with Gasteiger partial charge >= 0.3 is 0 Å². The van der Waals surface area contributed by atoms with E-state index in [-0.39, 0.29) is 0 Å². The maximum Gasteiger partial charge on any atom is 0.224 e. The van der Waals surface area contributed by atoms with Crippen LogP contribution in [0, 0.1) is 0 Å². The highest BCUT2D eigenvalue weighted by Gasteiger charge is 2.61. The molecule has 0 amide bonds. The van der Waals surface area contributed by atoms with Crippen molar-refractivity contribution in [2.24, 2.45) is 0 Å². The molecule has 0 saturated carbocycles. The fourth-order valence-electron chi connectivity index (χ4n) is 6.89. The summed E-state index contributed by atoms with van der Waals surface area (Å²) in [5.74, 6) is -2.68. The molecule has 5 aliphatic rings. The van der Waals surface area contributed by atoms with E-state index in [1.165, 1.54) is 0 Å².